The van der Waals surface area contributed by atoms with Crippen LogP contribution in [0, 0.1) is 0 Å². The first-order chi connectivity index (χ1) is 21.8. The normalized spacial score (nSPS) is 11.1. The second-order valence-corrected chi connectivity index (χ2v) is 9.47. The van der Waals surface area contributed by atoms with Gasteiger partial charge >= 0.3 is 5.97 Å². The molecule has 0 N–H and O–H groups in total. The van der Waals surface area contributed by atoms with Gasteiger partial charge in [-0.25, -0.2) is 0 Å². The van der Waals surface area contributed by atoms with Gasteiger partial charge in [-0.1, -0.05) is 26.2 Å². The van der Waals surface area contributed by atoms with E-state index in [-0.39, 0.29) is 12.6 Å². The molecular formula is C32H54O12. The Labute approximate surface area is 262 Å². The molecule has 254 valence electrons. The Hall–Kier alpha value is -2.16. The second-order valence-electron chi connectivity index (χ2n) is 9.47. The quantitative estimate of drug-likeness (QED) is 0.0628. The SMILES string of the molecule is CCCCCCC(=O)OCCOCCOCCOCCOCCOCCOCCOCCOCCOc1ccc(C=O)cc1. The highest BCUT2D eigenvalue weighted by atomic mass is 16.6. The van der Waals surface area contributed by atoms with E-state index >= 15 is 0 Å². The lowest BCUT2D eigenvalue weighted by atomic mass is 10.2. The van der Waals surface area contributed by atoms with Gasteiger partial charge < -0.3 is 47.4 Å². The molecule has 1 rings (SSSR count). The van der Waals surface area contributed by atoms with E-state index in [2.05, 4.69) is 6.92 Å². The number of rotatable bonds is 34. The largest absolute Gasteiger partial charge is 0.491 e. The van der Waals surface area contributed by atoms with Crippen molar-refractivity contribution in [3.05, 3.63) is 29.8 Å². The van der Waals surface area contributed by atoms with Crippen LogP contribution in [0.1, 0.15) is 49.4 Å². The standard InChI is InChI=1S/C32H54O12/c1-2-3-4-5-6-32(34)44-28-26-42-24-22-40-20-18-38-16-14-36-12-11-35-13-15-37-17-19-39-21-23-41-25-27-43-31-9-7-30(29-33)8-10-31/h7-10,29H,2-6,11-28H2,1H3. The van der Waals surface area contributed by atoms with Gasteiger partial charge in [0, 0.05) is 12.0 Å². The molecule has 0 radical (unpaired) electrons. The van der Waals surface area contributed by atoms with Crippen LogP contribution in [0.5, 0.6) is 5.75 Å². The Kier molecular flexibility index (Phi) is 29.2. The van der Waals surface area contributed by atoms with Crippen molar-refractivity contribution in [1.82, 2.24) is 0 Å². The van der Waals surface area contributed by atoms with E-state index in [0.717, 1.165) is 32.0 Å². The third-order valence-corrected chi connectivity index (χ3v) is 5.84. The molecule has 1 aromatic rings. The van der Waals surface area contributed by atoms with Crippen LogP contribution in [0.3, 0.4) is 0 Å². The summed E-state index contributed by atoms with van der Waals surface area (Å²) in [7, 11) is 0. The topological polar surface area (TPSA) is 126 Å². The Balaban J connectivity index is 1.66. The van der Waals surface area contributed by atoms with E-state index in [1.165, 1.54) is 0 Å². The summed E-state index contributed by atoms with van der Waals surface area (Å²) in [6.07, 6.45) is 5.55. The summed E-state index contributed by atoms with van der Waals surface area (Å²) in [5, 5.41) is 0. The maximum atomic E-state index is 11.5. The van der Waals surface area contributed by atoms with Gasteiger partial charge in [0.05, 0.1) is 106 Å². The van der Waals surface area contributed by atoms with E-state index in [1.54, 1.807) is 24.3 Å². The molecule has 0 saturated heterocycles. The van der Waals surface area contributed by atoms with Crippen molar-refractivity contribution >= 4 is 12.3 Å². The smallest absolute Gasteiger partial charge is 0.305 e. The van der Waals surface area contributed by atoms with Gasteiger partial charge in [0.1, 0.15) is 25.2 Å². The lowest BCUT2D eigenvalue weighted by Crippen LogP contribution is -2.15. The first-order valence-electron chi connectivity index (χ1n) is 15.7. The molecular weight excluding hydrogens is 576 g/mol. The van der Waals surface area contributed by atoms with Gasteiger partial charge in [0.2, 0.25) is 0 Å². The van der Waals surface area contributed by atoms with Crippen LogP contribution < -0.4 is 4.74 Å². The molecule has 0 aliphatic heterocycles. The summed E-state index contributed by atoms with van der Waals surface area (Å²) in [5.74, 6) is 0.547. The zero-order chi connectivity index (χ0) is 31.6. The van der Waals surface area contributed by atoms with Gasteiger partial charge in [-0.3, -0.25) is 9.59 Å². The van der Waals surface area contributed by atoms with E-state index in [4.69, 9.17) is 47.4 Å². The summed E-state index contributed by atoms with van der Waals surface area (Å²) in [5.41, 5.74) is 0.617. The number of aldehydes is 1. The molecule has 0 aromatic heterocycles. The molecule has 0 bridgehead atoms. The predicted molar refractivity (Wildman–Crippen MR) is 164 cm³/mol. The Morgan fingerprint density at radius 2 is 0.909 bits per heavy atom. The predicted octanol–water partition coefficient (Wildman–Crippen LogP) is 3.52. The lowest BCUT2D eigenvalue weighted by molar-refractivity contribution is -0.145. The van der Waals surface area contributed by atoms with Gasteiger partial charge in [-0.05, 0) is 30.7 Å². The van der Waals surface area contributed by atoms with E-state index < -0.39 is 0 Å². The molecule has 1 aromatic carbocycles. The molecule has 0 aliphatic rings. The molecule has 0 saturated carbocycles. The van der Waals surface area contributed by atoms with Gasteiger partial charge in [-0.15, -0.1) is 0 Å². The Bertz CT molecular complexity index is 762. The minimum atomic E-state index is -0.155. The average molecular weight is 631 g/mol. The Morgan fingerprint density at radius 3 is 1.30 bits per heavy atom. The van der Waals surface area contributed by atoms with Crippen molar-refractivity contribution in [2.75, 3.05) is 119 Å². The minimum Gasteiger partial charge on any atom is -0.491 e. The number of hydrogen-bond donors (Lipinski definition) is 0. The molecule has 0 amide bonds. The zero-order valence-electron chi connectivity index (χ0n) is 26.5. The first-order valence-corrected chi connectivity index (χ1v) is 15.7. The molecule has 12 nitrogen and oxygen atoms in total. The second kappa shape index (κ2) is 32.2. The fourth-order valence-electron chi connectivity index (χ4n) is 3.49. The number of carbonyl (C=O) groups excluding carboxylic acids is 2. The summed E-state index contributed by atoms with van der Waals surface area (Å²) >= 11 is 0. The van der Waals surface area contributed by atoms with Crippen molar-refractivity contribution in [3.63, 3.8) is 0 Å². The lowest BCUT2D eigenvalue weighted by Gasteiger charge is -2.09. The van der Waals surface area contributed by atoms with Crippen LogP contribution in [0.2, 0.25) is 0 Å². The number of ether oxygens (including phenoxy) is 10. The third kappa shape index (κ3) is 27.4. The van der Waals surface area contributed by atoms with Crippen molar-refractivity contribution in [2.24, 2.45) is 0 Å². The average Bonchev–Trinajstić information content (AvgIpc) is 3.04. The monoisotopic (exact) mass is 630 g/mol. The third-order valence-electron chi connectivity index (χ3n) is 5.84. The first kappa shape index (κ1) is 39.9. The number of carbonyl (C=O) groups is 2. The van der Waals surface area contributed by atoms with Crippen LogP contribution >= 0.6 is 0 Å². The van der Waals surface area contributed by atoms with Crippen LogP contribution in [0.15, 0.2) is 24.3 Å². The van der Waals surface area contributed by atoms with Crippen molar-refractivity contribution in [2.45, 2.75) is 39.0 Å². The highest BCUT2D eigenvalue weighted by molar-refractivity contribution is 5.74. The summed E-state index contributed by atoms with van der Waals surface area (Å²) in [6, 6.07) is 6.93. The van der Waals surface area contributed by atoms with Crippen LogP contribution in [-0.2, 0) is 47.4 Å². The number of hydrogen-bond acceptors (Lipinski definition) is 12. The zero-order valence-corrected chi connectivity index (χ0v) is 26.5. The van der Waals surface area contributed by atoms with E-state index in [1.807, 2.05) is 0 Å². The van der Waals surface area contributed by atoms with Crippen molar-refractivity contribution < 1.29 is 57.0 Å². The highest BCUT2D eigenvalue weighted by Crippen LogP contribution is 2.10. The summed E-state index contributed by atoms with van der Waals surface area (Å²) < 4.78 is 54.2. The maximum Gasteiger partial charge on any atom is 0.305 e. The molecule has 0 fully saturated rings. The maximum absolute atomic E-state index is 11.5. The van der Waals surface area contributed by atoms with Crippen LogP contribution in [0.25, 0.3) is 0 Å². The molecule has 12 heteroatoms. The van der Waals surface area contributed by atoms with Gasteiger partial charge in [0.15, 0.2) is 0 Å². The summed E-state index contributed by atoms with van der Waals surface area (Å²) in [6.45, 7) is 10.5. The Morgan fingerprint density at radius 1 is 0.523 bits per heavy atom. The molecule has 44 heavy (non-hydrogen) atoms. The van der Waals surface area contributed by atoms with Crippen molar-refractivity contribution in [1.29, 1.82) is 0 Å². The van der Waals surface area contributed by atoms with E-state index in [0.29, 0.717) is 130 Å². The highest BCUT2D eigenvalue weighted by Gasteiger charge is 2.02. The van der Waals surface area contributed by atoms with Crippen LogP contribution in [0.4, 0.5) is 0 Å². The fraction of sp³-hybridized carbons (Fsp3) is 0.750. The van der Waals surface area contributed by atoms with Crippen LogP contribution in [-0.4, -0.2) is 131 Å². The molecule has 0 unspecified atom stereocenters. The van der Waals surface area contributed by atoms with Gasteiger partial charge in [0.25, 0.3) is 0 Å². The molecule has 0 atom stereocenters. The molecule has 0 aliphatic carbocycles. The molecule has 0 spiro atoms. The van der Waals surface area contributed by atoms with Crippen molar-refractivity contribution in [3.8, 4) is 5.75 Å². The van der Waals surface area contributed by atoms with E-state index in [9.17, 15) is 9.59 Å². The number of unbranched alkanes of at least 4 members (excludes halogenated alkanes) is 3. The minimum absolute atomic E-state index is 0.155. The number of esters is 1. The molecule has 0 heterocycles. The fourth-order valence-corrected chi connectivity index (χ4v) is 3.49. The number of benzene rings is 1. The summed E-state index contributed by atoms with van der Waals surface area (Å²) in [4.78, 5) is 22.2. The van der Waals surface area contributed by atoms with Gasteiger partial charge in [-0.2, -0.15) is 0 Å².